The number of anilines is 3. The first-order valence-corrected chi connectivity index (χ1v) is 5.87. The van der Waals surface area contributed by atoms with Crippen LogP contribution < -0.4 is 15.8 Å². The Labute approximate surface area is 114 Å². The number of ether oxygens (including phenoxy) is 1. The van der Waals surface area contributed by atoms with Gasteiger partial charge in [-0.1, -0.05) is 6.07 Å². The van der Waals surface area contributed by atoms with Gasteiger partial charge in [0.05, 0.1) is 6.61 Å². The van der Waals surface area contributed by atoms with Crippen molar-refractivity contribution < 1.29 is 13.5 Å². The first-order valence-electron chi connectivity index (χ1n) is 5.87. The van der Waals surface area contributed by atoms with Gasteiger partial charge in [0.15, 0.2) is 5.82 Å². The Morgan fingerprint density at radius 2 is 2.00 bits per heavy atom. The first kappa shape index (κ1) is 13.9. The molecule has 0 fully saturated rings. The quantitative estimate of drug-likeness (QED) is 0.893. The SMILES string of the molecule is CCOc1nc(N)nc(Nc2c(F)ccc(C)c2F)n1. The van der Waals surface area contributed by atoms with Gasteiger partial charge in [-0.25, -0.2) is 8.78 Å². The Bertz CT molecular complexity index is 635. The van der Waals surface area contributed by atoms with Crippen molar-refractivity contribution in [3.63, 3.8) is 0 Å². The summed E-state index contributed by atoms with van der Waals surface area (Å²) in [7, 11) is 0. The molecule has 0 saturated heterocycles. The molecule has 0 aliphatic heterocycles. The molecule has 20 heavy (non-hydrogen) atoms. The van der Waals surface area contributed by atoms with Crippen molar-refractivity contribution in [3.8, 4) is 6.01 Å². The Morgan fingerprint density at radius 1 is 1.25 bits per heavy atom. The number of rotatable bonds is 4. The predicted molar refractivity (Wildman–Crippen MR) is 69.8 cm³/mol. The molecule has 6 nitrogen and oxygen atoms in total. The third kappa shape index (κ3) is 2.90. The molecule has 0 saturated carbocycles. The van der Waals surface area contributed by atoms with Crippen LogP contribution in [0.25, 0.3) is 0 Å². The maximum atomic E-state index is 13.9. The topological polar surface area (TPSA) is 86.0 Å². The van der Waals surface area contributed by atoms with E-state index in [4.69, 9.17) is 10.5 Å². The highest BCUT2D eigenvalue weighted by Gasteiger charge is 2.14. The van der Waals surface area contributed by atoms with Gasteiger partial charge >= 0.3 is 6.01 Å². The number of nitrogens with zero attached hydrogens (tertiary/aromatic N) is 3. The molecule has 0 aliphatic carbocycles. The van der Waals surface area contributed by atoms with E-state index in [1.165, 1.54) is 13.0 Å². The molecule has 0 bridgehead atoms. The summed E-state index contributed by atoms with van der Waals surface area (Å²) in [5, 5.41) is 2.45. The van der Waals surface area contributed by atoms with Crippen molar-refractivity contribution in [3.05, 3.63) is 29.3 Å². The van der Waals surface area contributed by atoms with Crippen molar-refractivity contribution in [2.75, 3.05) is 17.7 Å². The van der Waals surface area contributed by atoms with Crippen LogP contribution in [0.2, 0.25) is 0 Å². The third-order valence-electron chi connectivity index (χ3n) is 2.43. The number of hydrogen-bond acceptors (Lipinski definition) is 6. The maximum Gasteiger partial charge on any atom is 0.323 e. The number of nitrogens with two attached hydrogens (primary N) is 1. The van der Waals surface area contributed by atoms with Gasteiger partial charge in [-0.2, -0.15) is 15.0 Å². The zero-order valence-electron chi connectivity index (χ0n) is 10.9. The lowest BCUT2D eigenvalue weighted by Crippen LogP contribution is -2.08. The van der Waals surface area contributed by atoms with Gasteiger partial charge in [0.25, 0.3) is 0 Å². The smallest absolute Gasteiger partial charge is 0.323 e. The van der Waals surface area contributed by atoms with Gasteiger partial charge < -0.3 is 15.8 Å². The van der Waals surface area contributed by atoms with E-state index >= 15 is 0 Å². The normalized spacial score (nSPS) is 10.4. The zero-order valence-corrected chi connectivity index (χ0v) is 10.9. The van der Waals surface area contributed by atoms with Crippen LogP contribution in [0.4, 0.5) is 26.4 Å². The lowest BCUT2D eigenvalue weighted by Gasteiger charge is -2.10. The molecule has 106 valence electrons. The fourth-order valence-electron chi connectivity index (χ4n) is 1.50. The second-order valence-electron chi connectivity index (χ2n) is 3.91. The summed E-state index contributed by atoms with van der Waals surface area (Å²) in [6.45, 7) is 3.59. The zero-order chi connectivity index (χ0) is 14.7. The van der Waals surface area contributed by atoms with E-state index < -0.39 is 11.6 Å². The molecule has 2 rings (SSSR count). The van der Waals surface area contributed by atoms with Gasteiger partial charge in [0.2, 0.25) is 11.9 Å². The molecule has 0 amide bonds. The molecule has 0 spiro atoms. The summed E-state index contributed by atoms with van der Waals surface area (Å²) in [4.78, 5) is 11.3. The Hall–Kier alpha value is -2.51. The molecule has 1 aromatic heterocycles. The fourth-order valence-corrected chi connectivity index (χ4v) is 1.50. The van der Waals surface area contributed by atoms with E-state index in [1.807, 2.05) is 0 Å². The fraction of sp³-hybridized carbons (Fsp3) is 0.250. The number of halogens is 2. The lowest BCUT2D eigenvalue weighted by molar-refractivity contribution is 0.312. The lowest BCUT2D eigenvalue weighted by atomic mass is 10.2. The van der Waals surface area contributed by atoms with E-state index in [2.05, 4.69) is 20.3 Å². The summed E-state index contributed by atoms with van der Waals surface area (Å²) in [5.41, 5.74) is 5.42. The van der Waals surface area contributed by atoms with E-state index in [0.29, 0.717) is 12.2 Å². The number of nitrogen functional groups attached to an aromatic ring is 1. The summed E-state index contributed by atoms with van der Waals surface area (Å²) >= 11 is 0. The standard InChI is InChI=1S/C12H13F2N5O/c1-3-20-12-18-10(15)17-11(19-12)16-9-7(13)5-4-6(2)8(9)14/h4-5H,3H2,1-2H3,(H3,15,16,17,18,19). The highest BCUT2D eigenvalue weighted by molar-refractivity contribution is 5.57. The van der Waals surface area contributed by atoms with Crippen LogP contribution in [-0.4, -0.2) is 21.6 Å². The Balaban J connectivity index is 2.37. The molecule has 0 atom stereocenters. The molecule has 0 radical (unpaired) electrons. The second-order valence-corrected chi connectivity index (χ2v) is 3.91. The van der Waals surface area contributed by atoms with Crippen LogP contribution in [-0.2, 0) is 0 Å². The van der Waals surface area contributed by atoms with Crippen molar-refractivity contribution in [1.29, 1.82) is 0 Å². The van der Waals surface area contributed by atoms with Crippen LogP contribution in [0.1, 0.15) is 12.5 Å². The van der Waals surface area contributed by atoms with E-state index in [0.717, 1.165) is 6.07 Å². The van der Waals surface area contributed by atoms with Crippen LogP contribution in [0, 0.1) is 18.6 Å². The van der Waals surface area contributed by atoms with Crippen LogP contribution >= 0.6 is 0 Å². The summed E-state index contributed by atoms with van der Waals surface area (Å²) in [6, 6.07) is 2.47. The van der Waals surface area contributed by atoms with Gasteiger partial charge in [0.1, 0.15) is 11.5 Å². The number of hydrogen-bond donors (Lipinski definition) is 2. The second kappa shape index (κ2) is 5.64. The van der Waals surface area contributed by atoms with Crippen LogP contribution in [0.3, 0.4) is 0 Å². The van der Waals surface area contributed by atoms with E-state index in [9.17, 15) is 8.78 Å². The van der Waals surface area contributed by atoms with Gasteiger partial charge in [-0.05, 0) is 25.5 Å². The number of aromatic nitrogens is 3. The minimum atomic E-state index is -0.759. The van der Waals surface area contributed by atoms with Gasteiger partial charge in [-0.15, -0.1) is 0 Å². The number of nitrogens with one attached hydrogen (secondary N) is 1. The number of benzene rings is 1. The van der Waals surface area contributed by atoms with Crippen LogP contribution in [0.5, 0.6) is 6.01 Å². The monoisotopic (exact) mass is 281 g/mol. The highest BCUT2D eigenvalue weighted by atomic mass is 19.1. The van der Waals surface area contributed by atoms with Crippen molar-refractivity contribution in [1.82, 2.24) is 15.0 Å². The number of aryl methyl sites for hydroxylation is 1. The highest BCUT2D eigenvalue weighted by Crippen LogP contribution is 2.24. The molecule has 3 N–H and O–H groups in total. The first-order chi connectivity index (χ1) is 9.51. The molecule has 1 aromatic carbocycles. The summed E-state index contributed by atoms with van der Waals surface area (Å²) < 4.78 is 32.6. The molecule has 1 heterocycles. The van der Waals surface area contributed by atoms with Crippen molar-refractivity contribution in [2.45, 2.75) is 13.8 Å². The largest absolute Gasteiger partial charge is 0.464 e. The minimum absolute atomic E-state index is 0.0176. The van der Waals surface area contributed by atoms with Crippen molar-refractivity contribution in [2.24, 2.45) is 0 Å². The molecule has 0 aliphatic rings. The average molecular weight is 281 g/mol. The third-order valence-corrected chi connectivity index (χ3v) is 2.43. The van der Waals surface area contributed by atoms with E-state index in [-0.39, 0.29) is 23.6 Å². The average Bonchev–Trinajstić information content (AvgIpc) is 2.39. The maximum absolute atomic E-state index is 13.9. The van der Waals surface area contributed by atoms with Crippen molar-refractivity contribution >= 4 is 17.6 Å². The molecule has 2 aromatic rings. The van der Waals surface area contributed by atoms with Gasteiger partial charge in [0, 0.05) is 0 Å². The molecular formula is C12H13F2N5O. The minimum Gasteiger partial charge on any atom is -0.464 e. The van der Waals surface area contributed by atoms with Crippen LogP contribution in [0.15, 0.2) is 12.1 Å². The summed E-state index contributed by atoms with van der Waals surface area (Å²) in [6.07, 6.45) is 0. The Morgan fingerprint density at radius 3 is 2.70 bits per heavy atom. The molecule has 8 heteroatoms. The molecular weight excluding hydrogens is 268 g/mol. The van der Waals surface area contributed by atoms with Gasteiger partial charge in [-0.3, -0.25) is 0 Å². The predicted octanol–water partition coefficient (Wildman–Crippen LogP) is 2.18. The van der Waals surface area contributed by atoms with E-state index in [1.54, 1.807) is 6.92 Å². The molecule has 0 unspecified atom stereocenters. The summed E-state index contributed by atoms with van der Waals surface area (Å²) in [5.74, 6) is -1.68. The Kier molecular flexibility index (Phi) is 3.92.